The van der Waals surface area contributed by atoms with E-state index in [4.69, 9.17) is 4.74 Å². The maximum absolute atomic E-state index is 15.1. The standard InChI is InChI=1S/C30H29F5O/c1-3-5-7-19-9-15-26(36-17-19)24-14-13-23(29(34)30(24)35)22-12-11-21(27(32)28(22)33)20-10-8-18(6-4-2)16-25(20)31/h3,8,10-14,16,19,26H,1,4-7,9,15,17H2,2H3. The number of hydrogen-bond donors (Lipinski definition) is 0. The third kappa shape index (κ3) is 5.24. The van der Waals surface area contributed by atoms with Gasteiger partial charge in [0.2, 0.25) is 0 Å². The van der Waals surface area contributed by atoms with E-state index in [1.165, 1.54) is 30.3 Å². The summed E-state index contributed by atoms with van der Waals surface area (Å²) in [5.74, 6) is -5.42. The SMILES string of the molecule is C=CCCC1CCC(c2ccc(-c3ccc(-c4ccc(CCC)cc4F)c(F)c3F)c(F)c2F)OC1. The molecule has 0 spiro atoms. The van der Waals surface area contributed by atoms with Gasteiger partial charge in [0.15, 0.2) is 23.3 Å². The first-order chi connectivity index (χ1) is 17.3. The largest absolute Gasteiger partial charge is 0.373 e. The van der Waals surface area contributed by atoms with Gasteiger partial charge in [-0.2, -0.15) is 0 Å². The number of rotatable bonds is 8. The van der Waals surface area contributed by atoms with Gasteiger partial charge < -0.3 is 4.74 Å². The number of halogens is 5. The normalized spacial score (nSPS) is 17.8. The molecule has 0 amide bonds. The molecule has 1 saturated heterocycles. The van der Waals surface area contributed by atoms with Crippen LogP contribution in [-0.2, 0) is 11.2 Å². The molecule has 0 radical (unpaired) electrons. The highest BCUT2D eigenvalue weighted by Gasteiger charge is 2.28. The van der Waals surface area contributed by atoms with Gasteiger partial charge >= 0.3 is 0 Å². The van der Waals surface area contributed by atoms with Gasteiger partial charge in [-0.15, -0.1) is 6.58 Å². The lowest BCUT2D eigenvalue weighted by Crippen LogP contribution is -2.21. The molecule has 6 heteroatoms. The van der Waals surface area contributed by atoms with E-state index in [1.54, 1.807) is 6.07 Å². The van der Waals surface area contributed by atoms with E-state index in [1.807, 2.05) is 13.0 Å². The first-order valence-corrected chi connectivity index (χ1v) is 12.3. The van der Waals surface area contributed by atoms with Crippen LogP contribution in [0.25, 0.3) is 22.3 Å². The van der Waals surface area contributed by atoms with Crippen LogP contribution in [0.4, 0.5) is 22.0 Å². The predicted octanol–water partition coefficient (Wildman–Crippen LogP) is 9.10. The van der Waals surface area contributed by atoms with Crippen molar-refractivity contribution in [2.45, 2.75) is 51.6 Å². The third-order valence-corrected chi connectivity index (χ3v) is 6.84. The summed E-state index contributed by atoms with van der Waals surface area (Å²) in [7, 11) is 0. The van der Waals surface area contributed by atoms with Crippen molar-refractivity contribution in [1.82, 2.24) is 0 Å². The number of benzene rings is 3. The molecule has 2 unspecified atom stereocenters. The smallest absolute Gasteiger partial charge is 0.167 e. The monoisotopic (exact) mass is 500 g/mol. The van der Waals surface area contributed by atoms with Crippen molar-refractivity contribution >= 4 is 0 Å². The van der Waals surface area contributed by atoms with Crippen LogP contribution in [0, 0.1) is 35.0 Å². The second kappa shape index (κ2) is 11.4. The molecule has 0 saturated carbocycles. The summed E-state index contributed by atoms with van der Waals surface area (Å²) >= 11 is 0. The summed E-state index contributed by atoms with van der Waals surface area (Å²) in [6, 6.07) is 9.29. The molecule has 4 rings (SSSR count). The topological polar surface area (TPSA) is 9.23 Å². The van der Waals surface area contributed by atoms with E-state index >= 15 is 17.6 Å². The van der Waals surface area contributed by atoms with Crippen LogP contribution >= 0.6 is 0 Å². The van der Waals surface area contributed by atoms with Crippen LogP contribution < -0.4 is 0 Å². The molecule has 0 aliphatic carbocycles. The summed E-state index contributed by atoms with van der Waals surface area (Å²) in [4.78, 5) is 0. The highest BCUT2D eigenvalue weighted by Crippen LogP contribution is 2.38. The van der Waals surface area contributed by atoms with Crippen LogP contribution in [0.5, 0.6) is 0 Å². The van der Waals surface area contributed by atoms with Crippen molar-refractivity contribution in [3.63, 3.8) is 0 Å². The molecule has 0 N–H and O–H groups in total. The summed E-state index contributed by atoms with van der Waals surface area (Å²) in [5.41, 5.74) is -0.404. The first kappa shape index (κ1) is 26.1. The Kier molecular flexibility index (Phi) is 8.24. The Balaban J connectivity index is 1.61. The van der Waals surface area contributed by atoms with Gasteiger partial charge in [-0.1, -0.05) is 55.8 Å². The summed E-state index contributed by atoms with van der Waals surface area (Å²) < 4.78 is 80.6. The summed E-state index contributed by atoms with van der Waals surface area (Å²) in [6.07, 6.45) is 5.88. The molecule has 1 aliphatic heterocycles. The molecule has 190 valence electrons. The number of ether oxygens (including phenoxy) is 1. The lowest BCUT2D eigenvalue weighted by atomic mass is 9.90. The zero-order chi connectivity index (χ0) is 25.8. The average molecular weight is 501 g/mol. The molecule has 3 aromatic carbocycles. The lowest BCUT2D eigenvalue weighted by Gasteiger charge is -2.29. The van der Waals surface area contributed by atoms with Gasteiger partial charge in [0.1, 0.15) is 5.82 Å². The van der Waals surface area contributed by atoms with Crippen molar-refractivity contribution in [1.29, 1.82) is 0 Å². The van der Waals surface area contributed by atoms with Gasteiger partial charge in [-0.05, 0) is 49.7 Å². The average Bonchev–Trinajstić information content (AvgIpc) is 2.87. The quantitative estimate of drug-likeness (QED) is 0.221. The molecule has 1 heterocycles. The fraction of sp³-hybridized carbons (Fsp3) is 0.333. The van der Waals surface area contributed by atoms with E-state index in [0.717, 1.165) is 37.3 Å². The van der Waals surface area contributed by atoms with E-state index in [9.17, 15) is 4.39 Å². The number of aryl methyl sites for hydroxylation is 1. The minimum Gasteiger partial charge on any atom is -0.373 e. The van der Waals surface area contributed by atoms with E-state index in [2.05, 4.69) is 6.58 Å². The van der Waals surface area contributed by atoms with E-state index in [0.29, 0.717) is 25.4 Å². The van der Waals surface area contributed by atoms with Crippen molar-refractivity contribution in [2.24, 2.45) is 5.92 Å². The van der Waals surface area contributed by atoms with Crippen LogP contribution in [0.3, 0.4) is 0 Å². The van der Waals surface area contributed by atoms with E-state index < -0.39 is 46.3 Å². The molecule has 2 atom stereocenters. The maximum atomic E-state index is 15.1. The molecule has 1 nitrogen and oxygen atoms in total. The zero-order valence-electron chi connectivity index (χ0n) is 20.2. The van der Waals surface area contributed by atoms with Crippen molar-refractivity contribution < 1.29 is 26.7 Å². The van der Waals surface area contributed by atoms with Crippen LogP contribution in [-0.4, -0.2) is 6.61 Å². The highest BCUT2D eigenvalue weighted by molar-refractivity contribution is 5.73. The highest BCUT2D eigenvalue weighted by atomic mass is 19.2. The second-order valence-electron chi connectivity index (χ2n) is 9.31. The minimum atomic E-state index is -1.37. The minimum absolute atomic E-state index is 0.0603. The second-order valence-corrected chi connectivity index (χ2v) is 9.31. The Labute approximate surface area is 208 Å². The Morgan fingerprint density at radius 1 is 0.833 bits per heavy atom. The molecule has 0 aromatic heterocycles. The fourth-order valence-electron chi connectivity index (χ4n) is 4.84. The molecular formula is C30H29F5O. The molecule has 3 aromatic rings. The van der Waals surface area contributed by atoms with Crippen molar-refractivity contribution in [2.75, 3.05) is 6.61 Å². The van der Waals surface area contributed by atoms with Gasteiger partial charge in [-0.25, -0.2) is 22.0 Å². The van der Waals surface area contributed by atoms with Gasteiger partial charge in [-0.3, -0.25) is 0 Å². The van der Waals surface area contributed by atoms with Crippen LogP contribution in [0.1, 0.15) is 56.3 Å². The predicted molar refractivity (Wildman–Crippen MR) is 132 cm³/mol. The van der Waals surface area contributed by atoms with Gasteiger partial charge in [0, 0.05) is 27.8 Å². The van der Waals surface area contributed by atoms with Crippen molar-refractivity contribution in [3.05, 3.63) is 95.3 Å². The Morgan fingerprint density at radius 3 is 2.03 bits per heavy atom. The summed E-state index contributed by atoms with van der Waals surface area (Å²) in [6.45, 7) is 6.11. The van der Waals surface area contributed by atoms with Crippen molar-refractivity contribution in [3.8, 4) is 22.3 Å². The molecular weight excluding hydrogens is 471 g/mol. The lowest BCUT2D eigenvalue weighted by molar-refractivity contribution is -0.0210. The molecule has 36 heavy (non-hydrogen) atoms. The number of hydrogen-bond acceptors (Lipinski definition) is 1. The van der Waals surface area contributed by atoms with Crippen LogP contribution in [0.2, 0.25) is 0 Å². The summed E-state index contributed by atoms with van der Waals surface area (Å²) in [5, 5.41) is 0. The Bertz CT molecular complexity index is 1240. The third-order valence-electron chi connectivity index (χ3n) is 6.84. The maximum Gasteiger partial charge on any atom is 0.167 e. The van der Waals surface area contributed by atoms with Gasteiger partial charge in [0.25, 0.3) is 0 Å². The van der Waals surface area contributed by atoms with Gasteiger partial charge in [0.05, 0.1) is 12.7 Å². The first-order valence-electron chi connectivity index (χ1n) is 12.3. The Morgan fingerprint density at radius 2 is 1.44 bits per heavy atom. The number of allylic oxidation sites excluding steroid dienone is 1. The fourth-order valence-corrected chi connectivity index (χ4v) is 4.84. The van der Waals surface area contributed by atoms with Crippen LogP contribution in [0.15, 0.2) is 55.1 Å². The zero-order valence-corrected chi connectivity index (χ0v) is 20.2. The molecule has 0 bridgehead atoms. The Hall–Kier alpha value is -2.99. The molecule has 1 aliphatic rings. The van der Waals surface area contributed by atoms with E-state index in [-0.39, 0.29) is 16.7 Å². The molecule has 1 fully saturated rings.